The van der Waals surface area contributed by atoms with E-state index in [0.717, 1.165) is 11.3 Å². The number of hydrogen-bond acceptors (Lipinski definition) is 5. The molecular formula is C14H12F3NO3S. The maximum Gasteiger partial charge on any atom is 0.432 e. The highest BCUT2D eigenvalue weighted by atomic mass is 32.1. The molecule has 1 atom stereocenters. The summed E-state index contributed by atoms with van der Waals surface area (Å²) in [7, 11) is 1.44. The largest absolute Gasteiger partial charge is 0.497 e. The fourth-order valence-electron chi connectivity index (χ4n) is 1.65. The Bertz CT molecular complexity index is 652. The molecule has 0 bridgehead atoms. The van der Waals surface area contributed by atoms with Crippen LogP contribution in [0.25, 0.3) is 0 Å². The number of ether oxygens (including phenoxy) is 2. The van der Waals surface area contributed by atoms with Crippen LogP contribution in [0.5, 0.6) is 5.75 Å². The van der Waals surface area contributed by atoms with E-state index in [1.165, 1.54) is 36.8 Å². The molecule has 0 N–H and O–H groups in total. The number of benzene rings is 1. The van der Waals surface area contributed by atoms with Crippen LogP contribution in [0.4, 0.5) is 13.2 Å². The molecule has 0 fully saturated rings. The molecule has 2 rings (SSSR count). The fourth-order valence-corrected chi connectivity index (χ4v) is 2.50. The number of alkyl halides is 3. The second-order valence-corrected chi connectivity index (χ2v) is 5.27. The number of thiazole rings is 1. The SMILES string of the molecule is COc1ccc(C(=O)OC(c2nc(C)cs2)C(F)(F)F)cc1. The van der Waals surface area contributed by atoms with Crippen molar-refractivity contribution in [2.75, 3.05) is 7.11 Å². The van der Waals surface area contributed by atoms with Gasteiger partial charge in [0.25, 0.3) is 0 Å². The lowest BCUT2D eigenvalue weighted by Gasteiger charge is -2.18. The monoisotopic (exact) mass is 331 g/mol. The van der Waals surface area contributed by atoms with Crippen LogP contribution in [0, 0.1) is 6.92 Å². The summed E-state index contributed by atoms with van der Waals surface area (Å²) in [5.74, 6) is -0.586. The molecule has 0 saturated carbocycles. The van der Waals surface area contributed by atoms with Crippen LogP contribution in [0.3, 0.4) is 0 Å². The van der Waals surface area contributed by atoms with Crippen LogP contribution < -0.4 is 4.74 Å². The summed E-state index contributed by atoms with van der Waals surface area (Å²) in [4.78, 5) is 15.6. The van der Waals surface area contributed by atoms with Crippen LogP contribution >= 0.6 is 11.3 Å². The Labute approximate surface area is 128 Å². The standard InChI is InChI=1S/C14H12F3NO3S/c1-8-7-22-12(18-8)11(14(15,16)17)21-13(19)9-3-5-10(20-2)6-4-9/h3-7,11H,1-2H3. The van der Waals surface area contributed by atoms with Crippen molar-refractivity contribution in [2.24, 2.45) is 0 Å². The predicted octanol–water partition coefficient (Wildman–Crippen LogP) is 3.92. The van der Waals surface area contributed by atoms with Crippen molar-refractivity contribution in [3.8, 4) is 5.75 Å². The maximum absolute atomic E-state index is 13.1. The first kappa shape index (κ1) is 16.3. The molecule has 0 amide bonds. The summed E-state index contributed by atoms with van der Waals surface area (Å²) >= 11 is 0.799. The van der Waals surface area contributed by atoms with E-state index in [4.69, 9.17) is 4.74 Å². The highest BCUT2D eigenvalue weighted by Crippen LogP contribution is 2.37. The molecule has 0 aliphatic rings. The van der Waals surface area contributed by atoms with Gasteiger partial charge in [-0.2, -0.15) is 13.2 Å². The zero-order valence-corrected chi connectivity index (χ0v) is 12.5. The average molecular weight is 331 g/mol. The number of halogens is 3. The molecule has 0 spiro atoms. The molecular weight excluding hydrogens is 319 g/mol. The molecule has 1 aromatic heterocycles. The molecule has 4 nitrogen and oxygen atoms in total. The summed E-state index contributed by atoms with van der Waals surface area (Å²) in [6, 6.07) is 5.60. The molecule has 2 aromatic rings. The fraction of sp³-hybridized carbons (Fsp3) is 0.286. The van der Waals surface area contributed by atoms with E-state index in [0.29, 0.717) is 11.4 Å². The molecule has 0 aliphatic heterocycles. The Hall–Kier alpha value is -2.09. The van der Waals surface area contributed by atoms with E-state index in [-0.39, 0.29) is 10.6 Å². The van der Waals surface area contributed by atoms with Crippen molar-refractivity contribution in [3.05, 3.63) is 45.9 Å². The topological polar surface area (TPSA) is 48.4 Å². The number of nitrogens with zero attached hydrogens (tertiary/aromatic N) is 1. The van der Waals surface area contributed by atoms with Crippen LogP contribution in [0.15, 0.2) is 29.6 Å². The molecule has 0 saturated heterocycles. The molecule has 1 unspecified atom stereocenters. The minimum Gasteiger partial charge on any atom is -0.497 e. The van der Waals surface area contributed by atoms with Gasteiger partial charge in [0.2, 0.25) is 6.10 Å². The van der Waals surface area contributed by atoms with E-state index in [1.54, 1.807) is 6.92 Å². The van der Waals surface area contributed by atoms with Gasteiger partial charge in [0.05, 0.1) is 12.7 Å². The van der Waals surface area contributed by atoms with E-state index in [9.17, 15) is 18.0 Å². The Morgan fingerprint density at radius 1 is 1.27 bits per heavy atom. The molecule has 0 aliphatic carbocycles. The van der Waals surface area contributed by atoms with Crippen molar-refractivity contribution in [2.45, 2.75) is 19.2 Å². The van der Waals surface area contributed by atoms with Crippen molar-refractivity contribution in [3.63, 3.8) is 0 Å². The third-order valence-electron chi connectivity index (χ3n) is 2.71. The first-order valence-corrected chi connectivity index (χ1v) is 7.03. The van der Waals surface area contributed by atoms with Crippen LogP contribution in [-0.4, -0.2) is 24.2 Å². The van der Waals surface area contributed by atoms with E-state index >= 15 is 0 Å². The van der Waals surface area contributed by atoms with Gasteiger partial charge >= 0.3 is 12.1 Å². The van der Waals surface area contributed by atoms with Gasteiger partial charge in [-0.3, -0.25) is 0 Å². The quantitative estimate of drug-likeness (QED) is 0.797. The second kappa shape index (κ2) is 6.35. The van der Waals surface area contributed by atoms with Gasteiger partial charge in [0.15, 0.2) is 0 Å². The van der Waals surface area contributed by atoms with Gasteiger partial charge in [-0.05, 0) is 31.2 Å². The van der Waals surface area contributed by atoms with Crippen molar-refractivity contribution in [1.82, 2.24) is 4.98 Å². The van der Waals surface area contributed by atoms with E-state index < -0.39 is 18.2 Å². The summed E-state index contributed by atoms with van der Waals surface area (Å²) in [6.45, 7) is 1.57. The number of esters is 1. The van der Waals surface area contributed by atoms with E-state index in [1.807, 2.05) is 0 Å². The zero-order chi connectivity index (χ0) is 16.3. The number of carbonyl (C=O) groups is 1. The smallest absolute Gasteiger partial charge is 0.432 e. The number of hydrogen-bond donors (Lipinski definition) is 0. The van der Waals surface area contributed by atoms with Gasteiger partial charge in [-0.15, -0.1) is 11.3 Å². The van der Waals surface area contributed by atoms with Gasteiger partial charge in [0.1, 0.15) is 10.8 Å². The number of aromatic nitrogens is 1. The predicted molar refractivity (Wildman–Crippen MR) is 74.1 cm³/mol. The first-order chi connectivity index (χ1) is 10.3. The van der Waals surface area contributed by atoms with Crippen LogP contribution in [-0.2, 0) is 4.74 Å². The minimum absolute atomic E-state index is 0.00308. The average Bonchev–Trinajstić information content (AvgIpc) is 2.89. The summed E-state index contributed by atoms with van der Waals surface area (Å²) in [5, 5.41) is 1.17. The van der Waals surface area contributed by atoms with E-state index in [2.05, 4.69) is 9.72 Å². The normalized spacial score (nSPS) is 12.8. The summed E-state index contributed by atoms with van der Waals surface area (Å²) < 4.78 is 48.8. The van der Waals surface area contributed by atoms with Gasteiger partial charge in [-0.25, -0.2) is 9.78 Å². The zero-order valence-electron chi connectivity index (χ0n) is 11.7. The molecule has 0 radical (unpaired) electrons. The van der Waals surface area contributed by atoms with Gasteiger partial charge in [0, 0.05) is 11.1 Å². The van der Waals surface area contributed by atoms with Crippen LogP contribution in [0.1, 0.15) is 27.2 Å². The molecule has 118 valence electrons. The Morgan fingerprint density at radius 3 is 2.36 bits per heavy atom. The number of methoxy groups -OCH3 is 1. The van der Waals surface area contributed by atoms with Gasteiger partial charge in [-0.1, -0.05) is 0 Å². The third kappa shape index (κ3) is 3.76. The highest BCUT2D eigenvalue weighted by Gasteiger charge is 2.46. The molecule has 8 heteroatoms. The highest BCUT2D eigenvalue weighted by molar-refractivity contribution is 7.09. The minimum atomic E-state index is -4.73. The number of rotatable bonds is 4. The number of aryl methyl sites for hydroxylation is 1. The Kier molecular flexibility index (Phi) is 4.70. The summed E-state index contributed by atoms with van der Waals surface area (Å²) in [5.41, 5.74) is 0.443. The first-order valence-electron chi connectivity index (χ1n) is 6.15. The molecule has 1 aromatic carbocycles. The number of carbonyl (C=O) groups excluding carboxylic acids is 1. The van der Waals surface area contributed by atoms with Crippen molar-refractivity contribution < 1.29 is 27.4 Å². The van der Waals surface area contributed by atoms with Crippen molar-refractivity contribution in [1.29, 1.82) is 0 Å². The van der Waals surface area contributed by atoms with Gasteiger partial charge < -0.3 is 9.47 Å². The Balaban J connectivity index is 2.21. The van der Waals surface area contributed by atoms with Crippen molar-refractivity contribution >= 4 is 17.3 Å². The second-order valence-electron chi connectivity index (χ2n) is 4.38. The lowest BCUT2D eigenvalue weighted by Crippen LogP contribution is -2.26. The lowest BCUT2D eigenvalue weighted by atomic mass is 10.2. The maximum atomic E-state index is 13.1. The van der Waals surface area contributed by atoms with Crippen LogP contribution in [0.2, 0.25) is 0 Å². The molecule has 1 heterocycles. The Morgan fingerprint density at radius 2 is 1.91 bits per heavy atom. The molecule has 22 heavy (non-hydrogen) atoms. The third-order valence-corrected chi connectivity index (χ3v) is 3.71. The summed E-state index contributed by atoms with van der Waals surface area (Å²) in [6.07, 6.45) is -7.10. The lowest BCUT2D eigenvalue weighted by molar-refractivity contribution is -0.207.